The average molecular weight is 777 g/mol. The molecule has 0 saturated heterocycles. The maximum atomic E-state index is 5.27. The normalized spacial score (nSPS) is 12.7. The highest BCUT2D eigenvalue weighted by Gasteiger charge is 2.52. The van der Waals surface area contributed by atoms with Crippen LogP contribution in [-0.2, 0) is 5.41 Å². The highest BCUT2D eigenvalue weighted by atomic mass is 14.9. The van der Waals surface area contributed by atoms with Crippen molar-refractivity contribution in [3.63, 3.8) is 0 Å². The lowest BCUT2D eigenvalue weighted by Gasteiger charge is -2.31. The zero-order valence-corrected chi connectivity index (χ0v) is 33.1. The van der Waals surface area contributed by atoms with Gasteiger partial charge in [0.05, 0.1) is 28.2 Å². The van der Waals surface area contributed by atoms with Gasteiger partial charge in [0.2, 0.25) is 0 Å². The smallest absolute Gasteiger partial charge is 0.160 e. The molecule has 2 aromatic heterocycles. The lowest BCUT2D eigenvalue weighted by atomic mass is 9.70. The van der Waals surface area contributed by atoms with Gasteiger partial charge >= 0.3 is 0 Å². The second-order valence-electron chi connectivity index (χ2n) is 15.8. The molecule has 10 aromatic rings. The molecule has 284 valence electrons. The Balaban J connectivity index is 1.10. The van der Waals surface area contributed by atoms with E-state index in [0.717, 1.165) is 56.2 Å². The monoisotopic (exact) mass is 776 g/mol. The fraction of sp³-hybridized carbons (Fsp3) is 0.0175. The van der Waals surface area contributed by atoms with Crippen LogP contribution in [0.15, 0.2) is 218 Å². The van der Waals surface area contributed by atoms with Crippen molar-refractivity contribution in [3.8, 4) is 90.1 Å². The summed E-state index contributed by atoms with van der Waals surface area (Å²) >= 11 is 0. The lowest BCUT2D eigenvalue weighted by molar-refractivity contribution is 0.794. The molecule has 2 aliphatic carbocycles. The van der Waals surface area contributed by atoms with Crippen molar-refractivity contribution in [2.24, 2.45) is 0 Å². The molecule has 61 heavy (non-hydrogen) atoms. The quantitative estimate of drug-likeness (QED) is 0.169. The zero-order chi connectivity index (χ0) is 40.3. The standard InChI is InChI=1S/C57H36N4/c1-5-17-37(18-6-1)51-35-52(38-19-7-2-8-20-38)59-55(58-51)41-29-31-45-46-32-30-42(56-60-53(39-21-9-3-10-22-39)36-54(61-56)40-23-11-4-12-24-40)34-50(46)57(49(45)33-41)47-27-15-13-25-43(47)44-26-14-16-28-48(44)57/h1-36H. The van der Waals surface area contributed by atoms with Crippen LogP contribution in [0.2, 0.25) is 0 Å². The molecule has 8 aromatic carbocycles. The summed E-state index contributed by atoms with van der Waals surface area (Å²) in [6, 6.07) is 77.2. The number of hydrogen-bond acceptors (Lipinski definition) is 4. The van der Waals surface area contributed by atoms with Gasteiger partial charge < -0.3 is 0 Å². The van der Waals surface area contributed by atoms with E-state index in [2.05, 4.69) is 194 Å². The first-order valence-electron chi connectivity index (χ1n) is 20.7. The predicted octanol–water partition coefficient (Wildman–Crippen LogP) is 13.6. The highest BCUT2D eigenvalue weighted by Crippen LogP contribution is 2.63. The van der Waals surface area contributed by atoms with E-state index in [4.69, 9.17) is 19.9 Å². The number of hydrogen-bond donors (Lipinski definition) is 0. The molecule has 2 aliphatic rings. The fourth-order valence-corrected chi connectivity index (χ4v) is 9.60. The topological polar surface area (TPSA) is 51.6 Å². The maximum absolute atomic E-state index is 5.27. The van der Waals surface area contributed by atoms with Crippen LogP contribution in [0.1, 0.15) is 22.3 Å². The van der Waals surface area contributed by atoms with Crippen molar-refractivity contribution in [1.29, 1.82) is 0 Å². The largest absolute Gasteiger partial charge is 0.228 e. The molecule has 4 heteroatoms. The summed E-state index contributed by atoms with van der Waals surface area (Å²) in [6.45, 7) is 0. The summed E-state index contributed by atoms with van der Waals surface area (Å²) in [7, 11) is 0. The van der Waals surface area contributed by atoms with Gasteiger partial charge in [0, 0.05) is 33.4 Å². The minimum absolute atomic E-state index is 0.609. The first-order chi connectivity index (χ1) is 30.2. The average Bonchev–Trinajstić information content (AvgIpc) is 3.81. The Bertz CT molecular complexity index is 2950. The van der Waals surface area contributed by atoms with E-state index in [1.807, 2.05) is 24.3 Å². The molecular formula is C57H36N4. The van der Waals surface area contributed by atoms with E-state index in [1.54, 1.807) is 0 Å². The van der Waals surface area contributed by atoms with E-state index >= 15 is 0 Å². The van der Waals surface area contributed by atoms with Crippen LogP contribution in [0.4, 0.5) is 0 Å². The third-order valence-electron chi connectivity index (χ3n) is 12.3. The summed E-state index contributed by atoms with van der Waals surface area (Å²) < 4.78 is 0. The third kappa shape index (κ3) is 5.61. The molecular weight excluding hydrogens is 741 g/mol. The molecule has 4 nitrogen and oxygen atoms in total. The molecule has 0 bridgehead atoms. The van der Waals surface area contributed by atoms with Crippen molar-refractivity contribution in [2.75, 3.05) is 0 Å². The molecule has 0 unspecified atom stereocenters. The van der Waals surface area contributed by atoms with Crippen LogP contribution in [-0.4, -0.2) is 19.9 Å². The van der Waals surface area contributed by atoms with E-state index in [0.29, 0.717) is 11.6 Å². The molecule has 0 atom stereocenters. The molecule has 0 radical (unpaired) electrons. The summed E-state index contributed by atoms with van der Waals surface area (Å²) in [5, 5.41) is 0. The van der Waals surface area contributed by atoms with Gasteiger partial charge in [0.25, 0.3) is 0 Å². The van der Waals surface area contributed by atoms with Crippen molar-refractivity contribution in [3.05, 3.63) is 241 Å². The van der Waals surface area contributed by atoms with Crippen molar-refractivity contribution in [1.82, 2.24) is 19.9 Å². The number of aromatic nitrogens is 4. The molecule has 0 amide bonds. The van der Waals surface area contributed by atoms with Gasteiger partial charge in [-0.25, -0.2) is 19.9 Å². The van der Waals surface area contributed by atoms with Crippen LogP contribution in [0, 0.1) is 0 Å². The van der Waals surface area contributed by atoms with Gasteiger partial charge in [-0.2, -0.15) is 0 Å². The number of rotatable bonds is 6. The number of fused-ring (bicyclic) bond motifs is 10. The molecule has 2 heterocycles. The molecule has 0 fully saturated rings. The maximum Gasteiger partial charge on any atom is 0.160 e. The van der Waals surface area contributed by atoms with E-state index in [1.165, 1.54) is 44.5 Å². The Morgan fingerprint density at radius 3 is 0.869 bits per heavy atom. The summed E-state index contributed by atoms with van der Waals surface area (Å²) in [5.41, 5.74) is 18.9. The highest BCUT2D eigenvalue weighted by molar-refractivity contribution is 5.96. The second kappa shape index (κ2) is 14.0. The Hall–Kier alpha value is -8.08. The molecule has 1 spiro atoms. The van der Waals surface area contributed by atoms with Crippen LogP contribution in [0.25, 0.3) is 90.1 Å². The van der Waals surface area contributed by atoms with Gasteiger partial charge in [-0.3, -0.25) is 0 Å². The minimum Gasteiger partial charge on any atom is -0.228 e. The summed E-state index contributed by atoms with van der Waals surface area (Å²) in [5.74, 6) is 1.38. The van der Waals surface area contributed by atoms with E-state index < -0.39 is 5.41 Å². The third-order valence-corrected chi connectivity index (χ3v) is 12.3. The van der Waals surface area contributed by atoms with Crippen LogP contribution in [0.3, 0.4) is 0 Å². The fourth-order valence-electron chi connectivity index (χ4n) is 9.60. The van der Waals surface area contributed by atoms with Gasteiger partial charge in [-0.15, -0.1) is 0 Å². The lowest BCUT2D eigenvalue weighted by Crippen LogP contribution is -2.26. The first kappa shape index (κ1) is 34.9. The van der Waals surface area contributed by atoms with E-state index in [-0.39, 0.29) is 0 Å². The van der Waals surface area contributed by atoms with E-state index in [9.17, 15) is 0 Å². The van der Waals surface area contributed by atoms with Crippen molar-refractivity contribution in [2.45, 2.75) is 5.41 Å². The van der Waals surface area contributed by atoms with Gasteiger partial charge in [0.15, 0.2) is 11.6 Å². The van der Waals surface area contributed by atoms with Crippen molar-refractivity contribution >= 4 is 0 Å². The zero-order valence-electron chi connectivity index (χ0n) is 33.1. The number of nitrogens with zero attached hydrogens (tertiary/aromatic N) is 4. The Labute approximate surface area is 354 Å². The second-order valence-corrected chi connectivity index (χ2v) is 15.8. The Morgan fingerprint density at radius 1 is 0.230 bits per heavy atom. The Morgan fingerprint density at radius 2 is 0.525 bits per heavy atom. The van der Waals surface area contributed by atoms with Crippen LogP contribution < -0.4 is 0 Å². The van der Waals surface area contributed by atoms with Crippen LogP contribution in [0.5, 0.6) is 0 Å². The summed E-state index contributed by atoms with van der Waals surface area (Å²) in [6.07, 6.45) is 0. The molecule has 0 N–H and O–H groups in total. The minimum atomic E-state index is -0.609. The SMILES string of the molecule is c1ccc(-c2cc(-c3ccccc3)nc(-c3ccc4c(c3)C3(c5ccccc5-c5ccccc53)c3cc(-c5nc(-c6ccccc6)cc(-c6ccccc6)n5)ccc3-4)n2)cc1. The van der Waals surface area contributed by atoms with Crippen molar-refractivity contribution < 1.29 is 0 Å². The summed E-state index contributed by atoms with van der Waals surface area (Å²) in [4.78, 5) is 21.1. The molecule has 0 saturated carbocycles. The molecule has 12 rings (SSSR count). The first-order valence-corrected chi connectivity index (χ1v) is 20.7. The molecule has 0 aliphatic heterocycles. The van der Waals surface area contributed by atoms with Gasteiger partial charge in [-0.1, -0.05) is 194 Å². The Kier molecular flexibility index (Phi) is 8.04. The predicted molar refractivity (Wildman–Crippen MR) is 247 cm³/mol. The van der Waals surface area contributed by atoms with Gasteiger partial charge in [-0.05, 0) is 68.8 Å². The number of benzene rings is 8. The van der Waals surface area contributed by atoms with Crippen LogP contribution >= 0.6 is 0 Å². The van der Waals surface area contributed by atoms with Gasteiger partial charge in [0.1, 0.15) is 0 Å².